The number of nitrogens with zero attached hydrogens (tertiary/aromatic N) is 1. The fraction of sp³-hybridized carbons (Fsp3) is 0.636. The van der Waals surface area contributed by atoms with E-state index >= 15 is 0 Å². The Morgan fingerprint density at radius 3 is 2.06 bits per heavy atom. The number of hydrogen-bond acceptors (Lipinski definition) is 5. The van der Waals surface area contributed by atoms with Crippen molar-refractivity contribution in [3.63, 3.8) is 0 Å². The molecule has 7 heteroatoms. The quantitative estimate of drug-likeness (QED) is 0.278. The van der Waals surface area contributed by atoms with Gasteiger partial charge in [-0.25, -0.2) is 0 Å². The van der Waals surface area contributed by atoms with Crippen molar-refractivity contribution >= 4 is 12.3 Å². The van der Waals surface area contributed by atoms with Crippen molar-refractivity contribution in [1.82, 2.24) is 10.2 Å². The van der Waals surface area contributed by atoms with E-state index in [1.807, 2.05) is 0 Å². The fourth-order valence-corrected chi connectivity index (χ4v) is 0.671. The second-order valence-corrected chi connectivity index (χ2v) is 2.95. The third-order valence-electron chi connectivity index (χ3n) is 1.57. The van der Waals surface area contributed by atoms with Crippen molar-refractivity contribution in [3.05, 3.63) is 12.3 Å². The van der Waals surface area contributed by atoms with Gasteiger partial charge in [0.1, 0.15) is 6.73 Å². The molecule has 0 aromatic carbocycles. The standard InChI is InChI=1S/C7H12N2O3.C4H10O2/c1-8-7(11)3-4-9(5-10)6-12-2;1-5-3-4-6-2/h3-5H,6H2,1-2H3,(H,8,11);3-4H2,1-2H3/b4-3-;. The van der Waals surface area contributed by atoms with E-state index in [-0.39, 0.29) is 12.6 Å². The van der Waals surface area contributed by atoms with Crippen molar-refractivity contribution in [1.29, 1.82) is 0 Å². The molecule has 0 aliphatic heterocycles. The first-order chi connectivity index (χ1) is 8.65. The van der Waals surface area contributed by atoms with E-state index in [4.69, 9.17) is 0 Å². The van der Waals surface area contributed by atoms with Gasteiger partial charge < -0.3 is 19.5 Å². The Balaban J connectivity index is 0. The Labute approximate surface area is 108 Å². The summed E-state index contributed by atoms with van der Waals surface area (Å²) in [5, 5.41) is 2.38. The minimum atomic E-state index is -0.266. The first-order valence-corrected chi connectivity index (χ1v) is 5.24. The van der Waals surface area contributed by atoms with Gasteiger partial charge in [-0.05, 0) is 0 Å². The molecule has 0 saturated heterocycles. The summed E-state index contributed by atoms with van der Waals surface area (Å²) in [6.45, 7) is 1.52. The van der Waals surface area contributed by atoms with Gasteiger partial charge in [0.15, 0.2) is 0 Å². The molecule has 0 fully saturated rings. The molecule has 1 N–H and O–H groups in total. The first-order valence-electron chi connectivity index (χ1n) is 5.24. The first kappa shape index (κ1) is 18.9. The lowest BCUT2D eigenvalue weighted by Gasteiger charge is -2.08. The molecule has 0 aliphatic rings. The molecule has 106 valence electrons. The lowest BCUT2D eigenvalue weighted by atomic mass is 10.5. The number of rotatable bonds is 8. The molecule has 18 heavy (non-hydrogen) atoms. The van der Waals surface area contributed by atoms with Crippen LogP contribution in [-0.4, -0.2) is 65.5 Å². The van der Waals surface area contributed by atoms with E-state index in [1.165, 1.54) is 31.3 Å². The summed E-state index contributed by atoms with van der Waals surface area (Å²) < 4.78 is 14.0. The third-order valence-corrected chi connectivity index (χ3v) is 1.57. The van der Waals surface area contributed by atoms with E-state index in [0.29, 0.717) is 19.6 Å². The van der Waals surface area contributed by atoms with Crippen LogP contribution < -0.4 is 5.32 Å². The average molecular weight is 262 g/mol. The topological polar surface area (TPSA) is 77.1 Å². The minimum absolute atomic E-state index is 0.136. The highest BCUT2D eigenvalue weighted by Crippen LogP contribution is 1.84. The predicted octanol–water partition coefficient (Wildman–Crippen LogP) is -0.412. The van der Waals surface area contributed by atoms with Crippen molar-refractivity contribution in [2.75, 3.05) is 48.3 Å². The maximum absolute atomic E-state index is 10.7. The van der Waals surface area contributed by atoms with Crippen LogP contribution in [0.2, 0.25) is 0 Å². The van der Waals surface area contributed by atoms with Gasteiger partial charge in [0.25, 0.3) is 0 Å². The number of carbonyl (C=O) groups is 2. The SMILES string of the molecule is CNC(=O)/C=C\N(C=O)COC.COCCOC. The molecular formula is C11H22N2O5. The van der Waals surface area contributed by atoms with Gasteiger partial charge in [0, 0.05) is 40.7 Å². The smallest absolute Gasteiger partial charge is 0.245 e. The van der Waals surface area contributed by atoms with Crippen molar-refractivity contribution < 1.29 is 23.8 Å². The molecule has 0 unspecified atom stereocenters. The minimum Gasteiger partial charge on any atom is -0.382 e. The van der Waals surface area contributed by atoms with E-state index in [9.17, 15) is 9.59 Å². The van der Waals surface area contributed by atoms with E-state index < -0.39 is 0 Å². The summed E-state index contributed by atoms with van der Waals surface area (Å²) in [6.07, 6.45) is 3.16. The molecular weight excluding hydrogens is 240 g/mol. The molecule has 0 atom stereocenters. The van der Waals surface area contributed by atoms with Crippen LogP contribution in [0.3, 0.4) is 0 Å². The summed E-state index contributed by atoms with van der Waals surface area (Å²) >= 11 is 0. The molecule has 0 aromatic rings. The summed E-state index contributed by atoms with van der Waals surface area (Å²) in [5.74, 6) is -0.266. The lowest BCUT2D eigenvalue weighted by molar-refractivity contribution is -0.119. The number of amides is 2. The largest absolute Gasteiger partial charge is 0.382 e. The fourth-order valence-electron chi connectivity index (χ4n) is 0.671. The van der Waals surface area contributed by atoms with Crippen LogP contribution in [0.25, 0.3) is 0 Å². The maximum atomic E-state index is 10.7. The molecule has 0 rings (SSSR count). The van der Waals surface area contributed by atoms with Gasteiger partial charge in [-0.2, -0.15) is 0 Å². The van der Waals surface area contributed by atoms with Crippen molar-refractivity contribution in [3.8, 4) is 0 Å². The third kappa shape index (κ3) is 14.6. The summed E-state index contributed by atoms with van der Waals surface area (Å²) in [6, 6.07) is 0. The predicted molar refractivity (Wildman–Crippen MR) is 66.7 cm³/mol. The summed E-state index contributed by atoms with van der Waals surface area (Å²) in [4.78, 5) is 22.1. The molecule has 0 bridgehead atoms. The molecule has 0 heterocycles. The number of nitrogens with one attached hydrogen (secondary N) is 1. The number of ether oxygens (including phenoxy) is 3. The molecule has 0 aliphatic carbocycles. The van der Waals surface area contributed by atoms with Gasteiger partial charge in [0.05, 0.1) is 13.2 Å². The highest BCUT2D eigenvalue weighted by atomic mass is 16.5. The Kier molecular flexibility index (Phi) is 16.3. The van der Waals surface area contributed by atoms with Crippen LogP contribution in [0.4, 0.5) is 0 Å². The van der Waals surface area contributed by atoms with Crippen molar-refractivity contribution in [2.45, 2.75) is 0 Å². The second kappa shape index (κ2) is 15.6. The second-order valence-electron chi connectivity index (χ2n) is 2.95. The van der Waals surface area contributed by atoms with Crippen LogP contribution in [0.15, 0.2) is 12.3 Å². The van der Waals surface area contributed by atoms with Gasteiger partial charge in [-0.1, -0.05) is 0 Å². The van der Waals surface area contributed by atoms with Gasteiger partial charge >= 0.3 is 0 Å². The molecule has 7 nitrogen and oxygen atoms in total. The molecule has 2 amide bonds. The van der Waals surface area contributed by atoms with Crippen LogP contribution >= 0.6 is 0 Å². The van der Waals surface area contributed by atoms with E-state index in [1.54, 1.807) is 14.2 Å². The highest BCUT2D eigenvalue weighted by molar-refractivity contribution is 5.87. The Morgan fingerprint density at radius 2 is 1.72 bits per heavy atom. The average Bonchev–Trinajstić information content (AvgIpc) is 2.41. The summed E-state index contributed by atoms with van der Waals surface area (Å²) in [5.41, 5.74) is 0. The van der Waals surface area contributed by atoms with Gasteiger partial charge in [-0.15, -0.1) is 0 Å². The van der Waals surface area contributed by atoms with Gasteiger partial charge in [0.2, 0.25) is 12.3 Å². The molecule has 0 spiro atoms. The highest BCUT2D eigenvalue weighted by Gasteiger charge is 1.94. The van der Waals surface area contributed by atoms with Crippen LogP contribution in [-0.2, 0) is 23.8 Å². The van der Waals surface area contributed by atoms with E-state index in [0.717, 1.165) is 0 Å². The van der Waals surface area contributed by atoms with Crippen LogP contribution in [0, 0.1) is 0 Å². The van der Waals surface area contributed by atoms with Gasteiger partial charge in [-0.3, -0.25) is 14.5 Å². The Bertz CT molecular complexity index is 229. The Hall–Kier alpha value is -1.44. The molecule has 0 radical (unpaired) electrons. The summed E-state index contributed by atoms with van der Waals surface area (Å²) in [7, 11) is 6.27. The number of carbonyl (C=O) groups excluding carboxylic acids is 2. The van der Waals surface area contributed by atoms with Crippen LogP contribution in [0.5, 0.6) is 0 Å². The lowest BCUT2D eigenvalue weighted by Crippen LogP contribution is -2.20. The maximum Gasteiger partial charge on any atom is 0.245 e. The number of likely N-dealkylation sites (N-methyl/N-ethyl adjacent to an activating group) is 1. The zero-order valence-corrected chi connectivity index (χ0v) is 11.3. The number of methoxy groups -OCH3 is 3. The molecule has 0 aromatic heterocycles. The zero-order valence-electron chi connectivity index (χ0n) is 11.3. The van der Waals surface area contributed by atoms with Crippen LogP contribution in [0.1, 0.15) is 0 Å². The Morgan fingerprint density at radius 1 is 1.17 bits per heavy atom. The monoisotopic (exact) mass is 262 g/mol. The zero-order chi connectivity index (χ0) is 14.2. The molecule has 0 saturated carbocycles. The van der Waals surface area contributed by atoms with Crippen molar-refractivity contribution in [2.24, 2.45) is 0 Å². The van der Waals surface area contributed by atoms with E-state index in [2.05, 4.69) is 19.5 Å². The normalized spacial score (nSPS) is 9.56. The number of hydrogen-bond donors (Lipinski definition) is 1.